The monoisotopic (exact) mass is 182 g/mol. The second-order valence-corrected chi connectivity index (χ2v) is 4.11. The number of hydrogen-bond donors (Lipinski definition) is 0. The lowest BCUT2D eigenvalue weighted by molar-refractivity contribution is 0.490. The van der Waals surface area contributed by atoms with E-state index in [1.165, 1.54) is 12.8 Å². The molecule has 0 saturated heterocycles. The quantitative estimate of drug-likeness (QED) is 0.565. The van der Waals surface area contributed by atoms with Crippen LogP contribution in [0.1, 0.15) is 39.5 Å². The second-order valence-electron chi connectivity index (χ2n) is 2.84. The highest BCUT2D eigenvalue weighted by Gasteiger charge is 2.01. The molecule has 10 heavy (non-hydrogen) atoms. The van der Waals surface area contributed by atoms with E-state index in [4.69, 9.17) is 23.2 Å². The van der Waals surface area contributed by atoms with E-state index in [9.17, 15) is 0 Å². The first-order chi connectivity index (χ1) is 4.66. The van der Waals surface area contributed by atoms with Crippen LogP contribution in [0.25, 0.3) is 0 Å². The van der Waals surface area contributed by atoms with Crippen LogP contribution >= 0.6 is 23.2 Å². The molecule has 0 rings (SSSR count). The fourth-order valence-electron chi connectivity index (χ4n) is 0.825. The van der Waals surface area contributed by atoms with E-state index < -0.39 is 0 Å². The van der Waals surface area contributed by atoms with Gasteiger partial charge in [0.25, 0.3) is 0 Å². The van der Waals surface area contributed by atoms with Gasteiger partial charge in [-0.2, -0.15) is 0 Å². The molecule has 2 heteroatoms. The Hall–Kier alpha value is 0.580. The summed E-state index contributed by atoms with van der Waals surface area (Å²) in [5.74, 6) is 0.826. The summed E-state index contributed by atoms with van der Waals surface area (Å²) in [5, 5.41) is 0. The molecule has 0 nitrogen and oxygen atoms in total. The Kier molecular flexibility index (Phi) is 6.67. The molecule has 0 saturated carbocycles. The summed E-state index contributed by atoms with van der Waals surface area (Å²) in [7, 11) is 0. The van der Waals surface area contributed by atoms with Gasteiger partial charge in [0.05, 0.1) is 0 Å². The van der Waals surface area contributed by atoms with E-state index in [0.717, 1.165) is 18.8 Å². The summed E-state index contributed by atoms with van der Waals surface area (Å²) in [4.78, 5) is -0.163. The number of alkyl halides is 2. The van der Waals surface area contributed by atoms with Gasteiger partial charge < -0.3 is 0 Å². The molecule has 0 amide bonds. The molecule has 0 heterocycles. The average molecular weight is 183 g/mol. The van der Waals surface area contributed by atoms with Crippen LogP contribution in [0, 0.1) is 5.92 Å². The summed E-state index contributed by atoms with van der Waals surface area (Å²) in [6.45, 7) is 4.47. The van der Waals surface area contributed by atoms with Crippen LogP contribution < -0.4 is 0 Å². The minimum Gasteiger partial charge on any atom is -0.105 e. The van der Waals surface area contributed by atoms with Crippen molar-refractivity contribution in [2.45, 2.75) is 44.4 Å². The maximum absolute atomic E-state index is 5.57. The van der Waals surface area contributed by atoms with Crippen LogP contribution in [-0.2, 0) is 0 Å². The second kappa shape index (κ2) is 6.30. The van der Waals surface area contributed by atoms with Crippen molar-refractivity contribution >= 4 is 23.2 Å². The van der Waals surface area contributed by atoms with E-state index in [-0.39, 0.29) is 4.84 Å². The lowest BCUT2D eigenvalue weighted by atomic mass is 10.0. The molecule has 0 aliphatic rings. The Morgan fingerprint density at radius 2 is 1.80 bits per heavy atom. The van der Waals surface area contributed by atoms with Crippen molar-refractivity contribution in [2.75, 3.05) is 0 Å². The molecular weight excluding hydrogens is 167 g/mol. The Morgan fingerprint density at radius 1 is 1.20 bits per heavy atom. The third-order valence-electron chi connectivity index (χ3n) is 1.82. The number of rotatable bonds is 5. The Morgan fingerprint density at radius 3 is 2.20 bits per heavy atom. The van der Waals surface area contributed by atoms with Gasteiger partial charge in [-0.05, 0) is 12.3 Å². The fraction of sp³-hybridized carbons (Fsp3) is 1.00. The van der Waals surface area contributed by atoms with Crippen LogP contribution in [0.3, 0.4) is 0 Å². The molecule has 0 aliphatic heterocycles. The Labute approximate surface area is 73.9 Å². The van der Waals surface area contributed by atoms with Crippen molar-refractivity contribution in [3.8, 4) is 0 Å². The van der Waals surface area contributed by atoms with E-state index in [1.54, 1.807) is 0 Å². The zero-order valence-corrected chi connectivity index (χ0v) is 8.25. The smallest absolute Gasteiger partial charge is 0.105 e. The molecule has 0 N–H and O–H groups in total. The van der Waals surface area contributed by atoms with Crippen LogP contribution in [-0.4, -0.2) is 4.84 Å². The Balaban J connectivity index is 3.03. The summed E-state index contributed by atoms with van der Waals surface area (Å²) in [5.41, 5.74) is 0. The first kappa shape index (κ1) is 10.6. The van der Waals surface area contributed by atoms with Crippen molar-refractivity contribution in [2.24, 2.45) is 5.92 Å². The zero-order valence-electron chi connectivity index (χ0n) is 6.74. The van der Waals surface area contributed by atoms with Crippen LogP contribution in [0.4, 0.5) is 0 Å². The molecule has 0 aromatic rings. The summed E-state index contributed by atoms with van der Waals surface area (Å²) >= 11 is 11.1. The maximum Gasteiger partial charge on any atom is 0.107 e. The molecular formula is C8H16Cl2. The lowest BCUT2D eigenvalue weighted by Crippen LogP contribution is -1.94. The normalized spacial score (nSPS) is 14.1. The molecule has 0 spiro atoms. The molecule has 0 fully saturated rings. The van der Waals surface area contributed by atoms with Crippen molar-refractivity contribution < 1.29 is 0 Å². The molecule has 0 aromatic heterocycles. The summed E-state index contributed by atoms with van der Waals surface area (Å²) in [6.07, 6.45) is 4.61. The van der Waals surface area contributed by atoms with Crippen molar-refractivity contribution in [1.82, 2.24) is 0 Å². The number of halogens is 2. The molecule has 62 valence electrons. The van der Waals surface area contributed by atoms with Gasteiger partial charge in [-0.3, -0.25) is 0 Å². The van der Waals surface area contributed by atoms with Gasteiger partial charge >= 0.3 is 0 Å². The third-order valence-corrected chi connectivity index (χ3v) is 2.25. The van der Waals surface area contributed by atoms with Gasteiger partial charge in [-0.25, -0.2) is 0 Å². The minimum absolute atomic E-state index is 0.163. The molecule has 1 unspecified atom stereocenters. The van der Waals surface area contributed by atoms with Gasteiger partial charge in [0.2, 0.25) is 0 Å². The van der Waals surface area contributed by atoms with Crippen molar-refractivity contribution in [3.63, 3.8) is 0 Å². The minimum atomic E-state index is -0.163. The van der Waals surface area contributed by atoms with Crippen LogP contribution in [0.15, 0.2) is 0 Å². The number of hydrogen-bond acceptors (Lipinski definition) is 0. The molecule has 1 atom stereocenters. The maximum atomic E-state index is 5.57. The van der Waals surface area contributed by atoms with Crippen molar-refractivity contribution in [3.05, 3.63) is 0 Å². The topological polar surface area (TPSA) is 0 Å². The van der Waals surface area contributed by atoms with Crippen LogP contribution in [0.5, 0.6) is 0 Å². The zero-order chi connectivity index (χ0) is 7.98. The lowest BCUT2D eigenvalue weighted by Gasteiger charge is -2.07. The molecule has 0 bridgehead atoms. The predicted octanol–water partition coefficient (Wildman–Crippen LogP) is 4.01. The summed E-state index contributed by atoms with van der Waals surface area (Å²) in [6, 6.07) is 0. The van der Waals surface area contributed by atoms with Gasteiger partial charge in [0, 0.05) is 0 Å². The SMILES string of the molecule is CCC(C)CCCC(Cl)Cl. The van der Waals surface area contributed by atoms with Gasteiger partial charge in [-0.1, -0.05) is 33.1 Å². The van der Waals surface area contributed by atoms with Gasteiger partial charge in [-0.15, -0.1) is 23.2 Å². The highest BCUT2D eigenvalue weighted by molar-refractivity contribution is 6.44. The van der Waals surface area contributed by atoms with Gasteiger partial charge in [0.1, 0.15) is 4.84 Å². The van der Waals surface area contributed by atoms with E-state index in [0.29, 0.717) is 0 Å². The van der Waals surface area contributed by atoms with E-state index >= 15 is 0 Å². The summed E-state index contributed by atoms with van der Waals surface area (Å²) < 4.78 is 0. The highest BCUT2D eigenvalue weighted by Crippen LogP contribution is 2.16. The molecule has 0 aliphatic carbocycles. The van der Waals surface area contributed by atoms with E-state index in [2.05, 4.69) is 13.8 Å². The third kappa shape index (κ3) is 6.70. The van der Waals surface area contributed by atoms with E-state index in [1.807, 2.05) is 0 Å². The van der Waals surface area contributed by atoms with Crippen LogP contribution in [0.2, 0.25) is 0 Å². The highest BCUT2D eigenvalue weighted by atomic mass is 35.5. The largest absolute Gasteiger partial charge is 0.107 e. The molecule has 0 aromatic carbocycles. The standard InChI is InChI=1S/C8H16Cl2/c1-3-7(2)5-4-6-8(9)10/h7-8H,3-6H2,1-2H3. The predicted molar refractivity (Wildman–Crippen MR) is 48.8 cm³/mol. The average Bonchev–Trinajstić information content (AvgIpc) is 1.87. The first-order valence-corrected chi connectivity index (χ1v) is 4.82. The molecule has 0 radical (unpaired) electrons. The fourth-order valence-corrected chi connectivity index (χ4v) is 1.13. The van der Waals surface area contributed by atoms with Gasteiger partial charge in [0.15, 0.2) is 0 Å². The Bertz CT molecular complexity index is 71.7. The first-order valence-electron chi connectivity index (χ1n) is 3.95. The van der Waals surface area contributed by atoms with Crippen molar-refractivity contribution in [1.29, 1.82) is 0 Å².